The van der Waals surface area contributed by atoms with Crippen molar-refractivity contribution in [2.24, 2.45) is 0 Å². The van der Waals surface area contributed by atoms with Crippen LogP contribution in [0.3, 0.4) is 0 Å². The zero-order valence-corrected chi connectivity index (χ0v) is 9.06. The fourth-order valence-electron chi connectivity index (χ4n) is 1.37. The molecule has 0 fully saturated rings. The molecule has 0 radical (unpaired) electrons. The van der Waals surface area contributed by atoms with E-state index in [0.717, 1.165) is 11.1 Å². The van der Waals surface area contributed by atoms with Crippen molar-refractivity contribution in [3.63, 3.8) is 0 Å². The number of pyridine rings is 1. The number of aliphatic hydroxyl groups excluding tert-OH is 1. The maximum Gasteiger partial charge on any atom is 0.333 e. The number of nitrogens with zero attached hydrogens (tertiary/aromatic N) is 1. The van der Waals surface area contributed by atoms with Gasteiger partial charge in [0.2, 0.25) is 0 Å². The van der Waals surface area contributed by atoms with Crippen LogP contribution in [0.5, 0.6) is 0 Å². The predicted octanol–water partition coefficient (Wildman–Crippen LogP) is 1.11. The second-order valence-corrected chi connectivity index (χ2v) is 4.21. The minimum Gasteiger partial charge on any atom is -0.479 e. The first-order valence-corrected chi connectivity index (χ1v) is 4.68. The van der Waals surface area contributed by atoms with E-state index >= 15 is 0 Å². The molecule has 0 amide bonds. The number of carboxylic acids is 1. The molecule has 15 heavy (non-hydrogen) atoms. The largest absolute Gasteiger partial charge is 0.479 e. The Hall–Kier alpha value is -1.42. The third-order valence-electron chi connectivity index (χ3n) is 2.54. The van der Waals surface area contributed by atoms with Crippen LogP contribution in [0.4, 0.5) is 0 Å². The molecule has 0 aliphatic rings. The minimum absolute atomic E-state index is 0.720. The summed E-state index contributed by atoms with van der Waals surface area (Å²) in [4.78, 5) is 14.7. The van der Waals surface area contributed by atoms with Crippen LogP contribution >= 0.6 is 0 Å². The maximum atomic E-state index is 10.7. The monoisotopic (exact) mass is 209 g/mol. The Morgan fingerprint density at radius 1 is 1.47 bits per heavy atom. The summed E-state index contributed by atoms with van der Waals surface area (Å²) >= 11 is 0. The van der Waals surface area contributed by atoms with Crippen molar-refractivity contribution in [1.82, 2.24) is 4.98 Å². The van der Waals surface area contributed by atoms with Crippen molar-refractivity contribution in [1.29, 1.82) is 0 Å². The van der Waals surface area contributed by atoms with Gasteiger partial charge in [-0.3, -0.25) is 4.98 Å². The third kappa shape index (κ3) is 2.33. The minimum atomic E-state index is -1.43. The highest BCUT2D eigenvalue weighted by molar-refractivity contribution is 5.74. The van der Waals surface area contributed by atoms with Crippen molar-refractivity contribution in [2.75, 3.05) is 0 Å². The summed E-state index contributed by atoms with van der Waals surface area (Å²) in [7, 11) is 0. The van der Waals surface area contributed by atoms with E-state index in [-0.39, 0.29) is 0 Å². The molecule has 0 spiro atoms. The van der Waals surface area contributed by atoms with Gasteiger partial charge in [-0.05, 0) is 18.1 Å². The number of hydrogen-bond donors (Lipinski definition) is 2. The molecule has 1 unspecified atom stereocenters. The van der Waals surface area contributed by atoms with E-state index in [2.05, 4.69) is 4.98 Å². The van der Waals surface area contributed by atoms with E-state index in [9.17, 15) is 9.90 Å². The maximum absolute atomic E-state index is 10.7. The molecule has 4 nitrogen and oxygen atoms in total. The molecule has 1 aromatic heterocycles. The highest BCUT2D eigenvalue weighted by Gasteiger charge is 2.35. The van der Waals surface area contributed by atoms with Gasteiger partial charge in [0.1, 0.15) is 0 Å². The summed E-state index contributed by atoms with van der Waals surface area (Å²) in [5.41, 5.74) is 0.820. The second-order valence-electron chi connectivity index (χ2n) is 4.21. The van der Waals surface area contributed by atoms with Crippen molar-refractivity contribution < 1.29 is 15.0 Å². The Labute approximate surface area is 88.6 Å². The number of rotatable bonds is 3. The third-order valence-corrected chi connectivity index (χ3v) is 2.54. The quantitative estimate of drug-likeness (QED) is 0.782. The van der Waals surface area contributed by atoms with Crippen LogP contribution in [0.15, 0.2) is 18.5 Å². The van der Waals surface area contributed by atoms with Crippen LogP contribution in [0.1, 0.15) is 25.0 Å². The second kappa shape index (κ2) is 3.98. The molecule has 0 aromatic carbocycles. The molecule has 0 saturated carbocycles. The number of aryl methyl sites for hydroxylation is 1. The highest BCUT2D eigenvalue weighted by Crippen LogP contribution is 2.27. The van der Waals surface area contributed by atoms with Gasteiger partial charge >= 0.3 is 5.97 Å². The van der Waals surface area contributed by atoms with E-state index in [1.807, 2.05) is 13.0 Å². The number of hydrogen-bond acceptors (Lipinski definition) is 3. The average molecular weight is 209 g/mol. The molecule has 82 valence electrons. The molecular formula is C11H15NO3. The number of aromatic nitrogens is 1. The van der Waals surface area contributed by atoms with E-state index < -0.39 is 17.5 Å². The van der Waals surface area contributed by atoms with Gasteiger partial charge in [-0.25, -0.2) is 4.79 Å². The predicted molar refractivity (Wildman–Crippen MR) is 55.6 cm³/mol. The number of aliphatic carboxylic acids is 1. The molecule has 2 N–H and O–H groups in total. The number of carbonyl (C=O) groups is 1. The zero-order chi connectivity index (χ0) is 11.6. The first kappa shape index (κ1) is 11.7. The lowest BCUT2D eigenvalue weighted by Crippen LogP contribution is -2.39. The lowest BCUT2D eigenvalue weighted by atomic mass is 9.80. The number of aliphatic hydroxyl groups is 1. The fraction of sp³-hybridized carbons (Fsp3) is 0.455. The Bertz CT molecular complexity index is 374. The first-order chi connectivity index (χ1) is 6.85. The van der Waals surface area contributed by atoms with Crippen LogP contribution in [-0.2, 0) is 10.2 Å². The van der Waals surface area contributed by atoms with Gasteiger partial charge in [0, 0.05) is 17.8 Å². The fourth-order valence-corrected chi connectivity index (χ4v) is 1.37. The molecule has 1 rings (SSSR count). The summed E-state index contributed by atoms with van der Waals surface area (Å²) in [6.45, 7) is 5.24. The Kier molecular flexibility index (Phi) is 3.09. The lowest BCUT2D eigenvalue weighted by Gasteiger charge is -2.28. The van der Waals surface area contributed by atoms with Crippen molar-refractivity contribution in [2.45, 2.75) is 32.3 Å². The molecular weight excluding hydrogens is 194 g/mol. The zero-order valence-electron chi connectivity index (χ0n) is 9.06. The molecule has 0 aliphatic carbocycles. The first-order valence-electron chi connectivity index (χ1n) is 4.68. The van der Waals surface area contributed by atoms with Crippen molar-refractivity contribution in [3.8, 4) is 0 Å². The van der Waals surface area contributed by atoms with E-state index in [4.69, 9.17) is 5.11 Å². The molecule has 0 bridgehead atoms. The summed E-state index contributed by atoms with van der Waals surface area (Å²) < 4.78 is 0. The van der Waals surface area contributed by atoms with Gasteiger partial charge in [0.25, 0.3) is 0 Å². The summed E-state index contributed by atoms with van der Waals surface area (Å²) in [5.74, 6) is -1.22. The van der Waals surface area contributed by atoms with E-state index in [1.54, 1.807) is 26.2 Å². The van der Waals surface area contributed by atoms with Gasteiger partial charge in [0.05, 0.1) is 0 Å². The topological polar surface area (TPSA) is 70.4 Å². The van der Waals surface area contributed by atoms with Crippen molar-refractivity contribution >= 4 is 5.97 Å². The molecule has 1 aromatic rings. The molecule has 1 atom stereocenters. The van der Waals surface area contributed by atoms with Crippen molar-refractivity contribution in [3.05, 3.63) is 29.6 Å². The van der Waals surface area contributed by atoms with Crippen LogP contribution in [-0.4, -0.2) is 27.3 Å². The van der Waals surface area contributed by atoms with Gasteiger partial charge in [0.15, 0.2) is 6.10 Å². The van der Waals surface area contributed by atoms with E-state index in [0.29, 0.717) is 0 Å². The average Bonchev–Trinajstić information content (AvgIpc) is 2.16. The van der Waals surface area contributed by atoms with Crippen LogP contribution in [0, 0.1) is 6.92 Å². The van der Waals surface area contributed by atoms with Gasteiger partial charge < -0.3 is 10.2 Å². The Balaban J connectivity index is 3.10. The molecule has 0 saturated heterocycles. The summed E-state index contributed by atoms with van der Waals surface area (Å²) in [6, 6.07) is 1.83. The Morgan fingerprint density at radius 2 is 2.07 bits per heavy atom. The lowest BCUT2D eigenvalue weighted by molar-refractivity contribution is -0.150. The summed E-state index contributed by atoms with van der Waals surface area (Å²) in [6.07, 6.45) is 1.84. The van der Waals surface area contributed by atoms with E-state index in [1.165, 1.54) is 0 Å². The molecule has 0 aliphatic heterocycles. The standard InChI is InChI=1S/C11H15NO3/c1-7-4-8(6-12-5-7)11(2,3)9(13)10(14)15/h4-6,9,13H,1-3H3,(H,14,15). The highest BCUT2D eigenvalue weighted by atomic mass is 16.4. The van der Waals surface area contributed by atoms with Gasteiger partial charge in [-0.1, -0.05) is 19.9 Å². The normalized spacial score (nSPS) is 13.6. The van der Waals surface area contributed by atoms with Gasteiger partial charge in [-0.15, -0.1) is 0 Å². The SMILES string of the molecule is Cc1cncc(C(C)(C)C(O)C(=O)O)c1. The number of carboxylic acid groups (broad SMARTS) is 1. The van der Waals surface area contributed by atoms with Crippen LogP contribution in [0.2, 0.25) is 0 Å². The van der Waals surface area contributed by atoms with Crippen LogP contribution < -0.4 is 0 Å². The smallest absolute Gasteiger partial charge is 0.333 e. The molecule has 4 heteroatoms. The van der Waals surface area contributed by atoms with Crippen LogP contribution in [0.25, 0.3) is 0 Å². The summed E-state index contributed by atoms with van der Waals surface area (Å²) in [5, 5.41) is 18.3. The molecule has 1 heterocycles. The Morgan fingerprint density at radius 3 is 2.53 bits per heavy atom. The van der Waals surface area contributed by atoms with Gasteiger partial charge in [-0.2, -0.15) is 0 Å².